The van der Waals surface area contributed by atoms with Gasteiger partial charge in [-0.2, -0.15) is 0 Å². The molecule has 3 aromatic rings. The van der Waals surface area contributed by atoms with Crippen LogP contribution in [0.15, 0.2) is 54.7 Å². The minimum Gasteiger partial charge on any atom is -0.373 e. The Labute approximate surface area is 122 Å². The maximum atomic E-state index is 12.5. The first kappa shape index (κ1) is 13.1. The number of fused-ring (bicyclic) bond motifs is 1. The first-order valence-corrected chi connectivity index (χ1v) is 6.58. The van der Waals surface area contributed by atoms with E-state index in [4.69, 9.17) is 0 Å². The summed E-state index contributed by atoms with van der Waals surface area (Å²) in [5.41, 5.74) is 1.34. The third-order valence-corrected chi connectivity index (χ3v) is 3.12. The molecule has 0 spiro atoms. The number of carbonyl (C=O) groups excluding carboxylic acids is 1. The second-order valence-corrected chi connectivity index (χ2v) is 4.49. The normalized spacial score (nSPS) is 10.3. The third kappa shape index (κ3) is 2.67. The van der Waals surface area contributed by atoms with Crippen molar-refractivity contribution in [3.63, 3.8) is 0 Å². The highest BCUT2D eigenvalue weighted by Gasteiger charge is 2.13. The van der Waals surface area contributed by atoms with Gasteiger partial charge in [-0.3, -0.25) is 4.79 Å². The molecule has 0 bridgehead atoms. The van der Waals surface area contributed by atoms with E-state index in [1.54, 1.807) is 31.4 Å². The molecule has 2 heterocycles. The molecule has 0 atom stereocenters. The predicted octanol–water partition coefficient (Wildman–Crippen LogP) is 2.92. The predicted molar refractivity (Wildman–Crippen MR) is 83.5 cm³/mol. The standard InChI is InChI=1S/C16H14N4O/c1-17-15-10-12(11-6-2-3-7-13(11)19-15)16(21)20-14-8-4-5-9-18-14/h2-10H,1H3,(H,17,19)(H,18,20,21). The molecule has 104 valence electrons. The molecule has 0 aliphatic carbocycles. The van der Waals surface area contributed by atoms with Gasteiger partial charge in [0.2, 0.25) is 0 Å². The molecule has 0 aliphatic heterocycles. The number of benzene rings is 1. The summed E-state index contributed by atoms with van der Waals surface area (Å²) in [6, 6.07) is 14.7. The highest BCUT2D eigenvalue weighted by atomic mass is 16.1. The van der Waals surface area contributed by atoms with Gasteiger partial charge in [-0.25, -0.2) is 9.97 Å². The van der Waals surface area contributed by atoms with Crippen LogP contribution in [0.3, 0.4) is 0 Å². The Hall–Kier alpha value is -2.95. The van der Waals surface area contributed by atoms with E-state index in [2.05, 4.69) is 20.6 Å². The van der Waals surface area contributed by atoms with Crippen LogP contribution in [0.5, 0.6) is 0 Å². The lowest BCUT2D eigenvalue weighted by Crippen LogP contribution is -2.14. The van der Waals surface area contributed by atoms with Gasteiger partial charge in [0, 0.05) is 18.6 Å². The molecular formula is C16H14N4O. The number of hydrogen-bond acceptors (Lipinski definition) is 4. The van der Waals surface area contributed by atoms with Crippen LogP contribution in [0, 0.1) is 0 Å². The largest absolute Gasteiger partial charge is 0.373 e. The van der Waals surface area contributed by atoms with Crippen molar-refractivity contribution in [3.8, 4) is 0 Å². The van der Waals surface area contributed by atoms with Gasteiger partial charge in [0.15, 0.2) is 0 Å². The van der Waals surface area contributed by atoms with E-state index in [-0.39, 0.29) is 5.91 Å². The van der Waals surface area contributed by atoms with E-state index in [0.717, 1.165) is 10.9 Å². The number of hydrogen-bond donors (Lipinski definition) is 2. The van der Waals surface area contributed by atoms with E-state index < -0.39 is 0 Å². The lowest BCUT2D eigenvalue weighted by molar-refractivity contribution is 0.102. The van der Waals surface area contributed by atoms with Gasteiger partial charge in [0.1, 0.15) is 11.6 Å². The van der Waals surface area contributed by atoms with Crippen LogP contribution < -0.4 is 10.6 Å². The molecule has 1 aromatic carbocycles. The van der Waals surface area contributed by atoms with Crippen molar-refractivity contribution in [1.29, 1.82) is 0 Å². The number of rotatable bonds is 3. The average molecular weight is 278 g/mol. The molecule has 1 amide bonds. The van der Waals surface area contributed by atoms with Gasteiger partial charge in [-0.1, -0.05) is 24.3 Å². The fraction of sp³-hybridized carbons (Fsp3) is 0.0625. The van der Waals surface area contributed by atoms with Crippen LogP contribution in [0.25, 0.3) is 10.9 Å². The SMILES string of the molecule is CNc1cc(C(=O)Nc2ccccn2)c2ccccc2n1. The van der Waals surface area contributed by atoms with E-state index >= 15 is 0 Å². The molecule has 3 rings (SSSR count). The summed E-state index contributed by atoms with van der Waals surface area (Å²) in [5, 5.41) is 6.58. The lowest BCUT2D eigenvalue weighted by atomic mass is 10.1. The van der Waals surface area contributed by atoms with Gasteiger partial charge in [0.25, 0.3) is 5.91 Å². The molecule has 0 unspecified atom stereocenters. The minimum absolute atomic E-state index is 0.205. The van der Waals surface area contributed by atoms with Crippen molar-refractivity contribution >= 4 is 28.4 Å². The molecule has 0 saturated carbocycles. The van der Waals surface area contributed by atoms with Crippen molar-refractivity contribution in [2.75, 3.05) is 17.7 Å². The number of carbonyl (C=O) groups is 1. The molecule has 0 radical (unpaired) electrons. The highest BCUT2D eigenvalue weighted by molar-refractivity contribution is 6.12. The molecule has 2 N–H and O–H groups in total. The molecule has 0 fully saturated rings. The van der Waals surface area contributed by atoms with E-state index in [1.165, 1.54) is 0 Å². The molecule has 5 heteroatoms. The zero-order valence-corrected chi connectivity index (χ0v) is 11.5. The van der Waals surface area contributed by atoms with Crippen LogP contribution in [-0.2, 0) is 0 Å². The Morgan fingerprint density at radius 3 is 2.62 bits per heavy atom. The quantitative estimate of drug-likeness (QED) is 0.773. The molecule has 21 heavy (non-hydrogen) atoms. The van der Waals surface area contributed by atoms with Crippen LogP contribution in [0.1, 0.15) is 10.4 Å². The molecular weight excluding hydrogens is 264 g/mol. The van der Waals surface area contributed by atoms with Crippen LogP contribution in [0.4, 0.5) is 11.6 Å². The maximum Gasteiger partial charge on any atom is 0.257 e. The first-order chi connectivity index (χ1) is 10.3. The van der Waals surface area contributed by atoms with Gasteiger partial charge >= 0.3 is 0 Å². The average Bonchev–Trinajstić information content (AvgIpc) is 2.54. The van der Waals surface area contributed by atoms with Gasteiger partial charge in [0.05, 0.1) is 11.1 Å². The Bertz CT molecular complexity index is 787. The summed E-state index contributed by atoms with van der Waals surface area (Å²) in [7, 11) is 1.78. The Morgan fingerprint density at radius 2 is 1.86 bits per heavy atom. The summed E-state index contributed by atoms with van der Waals surface area (Å²) in [6.07, 6.45) is 1.64. The van der Waals surface area contributed by atoms with Crippen LogP contribution >= 0.6 is 0 Å². The Kier molecular flexibility index (Phi) is 3.47. The van der Waals surface area contributed by atoms with Crippen molar-refractivity contribution in [3.05, 3.63) is 60.3 Å². The van der Waals surface area contributed by atoms with E-state index in [9.17, 15) is 4.79 Å². The molecule has 2 aromatic heterocycles. The summed E-state index contributed by atoms with van der Waals surface area (Å²) in [4.78, 5) is 21.0. The van der Waals surface area contributed by atoms with Crippen molar-refractivity contribution < 1.29 is 4.79 Å². The molecule has 0 aliphatic rings. The Morgan fingerprint density at radius 1 is 1.05 bits per heavy atom. The monoisotopic (exact) mass is 278 g/mol. The number of nitrogens with one attached hydrogen (secondary N) is 2. The number of aromatic nitrogens is 2. The van der Waals surface area contributed by atoms with Gasteiger partial charge in [-0.05, 0) is 24.3 Å². The third-order valence-electron chi connectivity index (χ3n) is 3.12. The Balaban J connectivity index is 2.04. The van der Waals surface area contributed by atoms with Gasteiger partial charge < -0.3 is 10.6 Å². The van der Waals surface area contributed by atoms with Crippen LogP contribution in [-0.4, -0.2) is 22.9 Å². The van der Waals surface area contributed by atoms with Crippen LogP contribution in [0.2, 0.25) is 0 Å². The molecule has 0 saturated heterocycles. The summed E-state index contributed by atoms with van der Waals surface area (Å²) in [6.45, 7) is 0. The van der Waals surface area contributed by atoms with Gasteiger partial charge in [-0.15, -0.1) is 0 Å². The highest BCUT2D eigenvalue weighted by Crippen LogP contribution is 2.21. The van der Waals surface area contributed by atoms with Crippen molar-refractivity contribution in [1.82, 2.24) is 9.97 Å². The van der Waals surface area contributed by atoms with E-state index in [1.807, 2.05) is 30.3 Å². The first-order valence-electron chi connectivity index (χ1n) is 6.58. The summed E-state index contributed by atoms with van der Waals surface area (Å²) >= 11 is 0. The zero-order chi connectivity index (χ0) is 14.7. The van der Waals surface area contributed by atoms with Crippen molar-refractivity contribution in [2.45, 2.75) is 0 Å². The number of pyridine rings is 2. The number of nitrogens with zero attached hydrogens (tertiary/aromatic N) is 2. The fourth-order valence-corrected chi connectivity index (χ4v) is 2.11. The minimum atomic E-state index is -0.205. The topological polar surface area (TPSA) is 66.9 Å². The lowest BCUT2D eigenvalue weighted by Gasteiger charge is -2.09. The smallest absolute Gasteiger partial charge is 0.257 e. The number of amides is 1. The fourth-order valence-electron chi connectivity index (χ4n) is 2.11. The molecule has 5 nitrogen and oxygen atoms in total. The maximum absolute atomic E-state index is 12.5. The second-order valence-electron chi connectivity index (χ2n) is 4.49. The van der Waals surface area contributed by atoms with Crippen molar-refractivity contribution in [2.24, 2.45) is 0 Å². The number of para-hydroxylation sites is 1. The number of anilines is 2. The second kappa shape index (κ2) is 5.58. The summed E-state index contributed by atoms with van der Waals surface area (Å²) in [5.74, 6) is 0.970. The summed E-state index contributed by atoms with van der Waals surface area (Å²) < 4.78 is 0. The zero-order valence-electron chi connectivity index (χ0n) is 11.5. The van der Waals surface area contributed by atoms with E-state index in [0.29, 0.717) is 17.2 Å².